The van der Waals surface area contributed by atoms with Crippen LogP contribution in [-0.2, 0) is 6.54 Å². The molecule has 1 aromatic carbocycles. The van der Waals surface area contributed by atoms with Crippen LogP contribution in [0.4, 0.5) is 0 Å². The van der Waals surface area contributed by atoms with Gasteiger partial charge in [0.25, 0.3) is 5.91 Å². The lowest BCUT2D eigenvalue weighted by Gasteiger charge is -2.13. The summed E-state index contributed by atoms with van der Waals surface area (Å²) in [5.74, 6) is 1.12. The quantitative estimate of drug-likeness (QED) is 0.904. The molecule has 0 bridgehead atoms. The lowest BCUT2D eigenvalue weighted by Crippen LogP contribution is -2.23. The summed E-state index contributed by atoms with van der Waals surface area (Å²) in [6, 6.07) is 8.88. The maximum atomic E-state index is 12.0. The van der Waals surface area contributed by atoms with Gasteiger partial charge >= 0.3 is 0 Å². The second-order valence-electron chi connectivity index (χ2n) is 4.07. The number of nitrogens with zero attached hydrogens (tertiary/aromatic N) is 1. The van der Waals surface area contributed by atoms with Crippen LogP contribution in [0.25, 0.3) is 0 Å². The van der Waals surface area contributed by atoms with Gasteiger partial charge in [0.15, 0.2) is 11.5 Å². The number of aromatic nitrogens is 1. The number of nitrogens with one attached hydrogen (secondary N) is 1. The van der Waals surface area contributed by atoms with E-state index < -0.39 is 0 Å². The number of carbonyl (C=O) groups is 1. The molecule has 2 aromatic rings. The van der Waals surface area contributed by atoms with Crippen LogP contribution >= 0.6 is 0 Å². The number of amides is 1. The van der Waals surface area contributed by atoms with Gasteiger partial charge in [0, 0.05) is 30.1 Å². The Balaban J connectivity index is 2.10. The van der Waals surface area contributed by atoms with Crippen molar-refractivity contribution in [3.8, 4) is 11.5 Å². The van der Waals surface area contributed by atoms with E-state index in [4.69, 9.17) is 9.47 Å². The van der Waals surface area contributed by atoms with Crippen LogP contribution in [0.2, 0.25) is 0 Å². The zero-order valence-electron chi connectivity index (χ0n) is 11.4. The van der Waals surface area contributed by atoms with E-state index in [1.165, 1.54) is 0 Å². The highest BCUT2D eigenvalue weighted by atomic mass is 16.5. The molecular weight excluding hydrogens is 256 g/mol. The topological polar surface area (TPSA) is 60.5 Å². The van der Waals surface area contributed by atoms with Crippen LogP contribution < -0.4 is 14.8 Å². The van der Waals surface area contributed by atoms with Crippen molar-refractivity contribution in [1.29, 1.82) is 0 Å². The third kappa shape index (κ3) is 3.06. The minimum Gasteiger partial charge on any atom is -0.493 e. The molecule has 1 N–H and O–H groups in total. The second kappa shape index (κ2) is 6.56. The second-order valence-corrected chi connectivity index (χ2v) is 4.07. The van der Waals surface area contributed by atoms with Crippen molar-refractivity contribution >= 4 is 5.91 Å². The Kier molecular flexibility index (Phi) is 4.55. The predicted molar refractivity (Wildman–Crippen MR) is 75.0 cm³/mol. The highest BCUT2D eigenvalue weighted by molar-refractivity contribution is 5.93. The highest BCUT2D eigenvalue weighted by Crippen LogP contribution is 2.30. The van der Waals surface area contributed by atoms with Crippen LogP contribution in [0.15, 0.2) is 42.7 Å². The minimum absolute atomic E-state index is 0.155. The Morgan fingerprint density at radius 3 is 2.55 bits per heavy atom. The summed E-state index contributed by atoms with van der Waals surface area (Å²) in [6.07, 6.45) is 3.17. The van der Waals surface area contributed by atoms with Crippen LogP contribution in [-0.4, -0.2) is 25.1 Å². The molecule has 1 heterocycles. The third-order valence-electron chi connectivity index (χ3n) is 2.87. The number of pyridine rings is 1. The fourth-order valence-electron chi connectivity index (χ4n) is 1.87. The Labute approximate surface area is 117 Å². The molecule has 20 heavy (non-hydrogen) atoms. The number of rotatable bonds is 5. The molecule has 1 aromatic heterocycles. The predicted octanol–water partition coefficient (Wildman–Crippen LogP) is 2.03. The first-order valence-corrected chi connectivity index (χ1v) is 6.14. The highest BCUT2D eigenvalue weighted by Gasteiger charge is 2.11. The molecule has 0 fully saturated rings. The average molecular weight is 272 g/mol. The Morgan fingerprint density at radius 1 is 1.15 bits per heavy atom. The van der Waals surface area contributed by atoms with Crippen LogP contribution in [0.3, 0.4) is 0 Å². The minimum atomic E-state index is -0.155. The third-order valence-corrected chi connectivity index (χ3v) is 2.87. The van der Waals surface area contributed by atoms with E-state index in [1.54, 1.807) is 38.7 Å². The summed E-state index contributed by atoms with van der Waals surface area (Å²) in [5, 5.41) is 2.84. The van der Waals surface area contributed by atoms with Gasteiger partial charge in [-0.15, -0.1) is 0 Å². The molecule has 0 aliphatic heterocycles. The lowest BCUT2D eigenvalue weighted by atomic mass is 10.1. The smallest absolute Gasteiger partial charge is 0.251 e. The van der Waals surface area contributed by atoms with Crippen molar-refractivity contribution in [2.75, 3.05) is 14.2 Å². The fourth-order valence-corrected chi connectivity index (χ4v) is 1.87. The van der Waals surface area contributed by atoms with E-state index in [0.717, 1.165) is 5.56 Å². The van der Waals surface area contributed by atoms with E-state index in [-0.39, 0.29) is 5.91 Å². The molecule has 0 atom stereocenters. The molecular formula is C15H16N2O3. The largest absolute Gasteiger partial charge is 0.493 e. The number of carbonyl (C=O) groups excluding carboxylic acids is 1. The molecule has 0 aliphatic rings. The molecule has 0 aliphatic carbocycles. The van der Waals surface area contributed by atoms with E-state index in [9.17, 15) is 4.79 Å². The van der Waals surface area contributed by atoms with E-state index in [0.29, 0.717) is 23.6 Å². The number of ether oxygens (including phenoxy) is 2. The van der Waals surface area contributed by atoms with Gasteiger partial charge in [-0.3, -0.25) is 9.78 Å². The zero-order chi connectivity index (χ0) is 14.4. The van der Waals surface area contributed by atoms with Crippen LogP contribution in [0, 0.1) is 0 Å². The first kappa shape index (κ1) is 13.9. The van der Waals surface area contributed by atoms with Crippen LogP contribution in [0.5, 0.6) is 11.5 Å². The molecule has 1 amide bonds. The van der Waals surface area contributed by atoms with Gasteiger partial charge in [-0.2, -0.15) is 0 Å². The van der Waals surface area contributed by atoms with Gasteiger partial charge in [-0.1, -0.05) is 12.1 Å². The lowest BCUT2D eigenvalue weighted by molar-refractivity contribution is 0.0950. The van der Waals surface area contributed by atoms with Crippen molar-refractivity contribution < 1.29 is 14.3 Å². The maximum Gasteiger partial charge on any atom is 0.251 e. The van der Waals surface area contributed by atoms with Crippen molar-refractivity contribution in [3.05, 3.63) is 53.9 Å². The standard InChI is InChI=1S/C15H16N2O3/c1-19-13-5-3-4-12(14(13)20-2)10-17-15(18)11-6-8-16-9-7-11/h3-9H,10H2,1-2H3,(H,17,18). The number of methoxy groups -OCH3 is 2. The summed E-state index contributed by atoms with van der Waals surface area (Å²) in [5.41, 5.74) is 1.43. The summed E-state index contributed by atoms with van der Waals surface area (Å²) >= 11 is 0. The summed E-state index contributed by atoms with van der Waals surface area (Å²) in [6.45, 7) is 0.363. The number of hydrogen-bond acceptors (Lipinski definition) is 4. The zero-order valence-corrected chi connectivity index (χ0v) is 11.4. The van der Waals surface area contributed by atoms with Gasteiger partial charge in [0.2, 0.25) is 0 Å². The Morgan fingerprint density at radius 2 is 1.90 bits per heavy atom. The molecule has 0 radical (unpaired) electrons. The van der Waals surface area contributed by atoms with Crippen molar-refractivity contribution in [1.82, 2.24) is 10.3 Å². The summed E-state index contributed by atoms with van der Waals surface area (Å²) < 4.78 is 10.5. The SMILES string of the molecule is COc1cccc(CNC(=O)c2ccncc2)c1OC. The Hall–Kier alpha value is -2.56. The number of para-hydroxylation sites is 1. The molecule has 0 unspecified atom stereocenters. The average Bonchev–Trinajstić information content (AvgIpc) is 2.52. The van der Waals surface area contributed by atoms with E-state index in [2.05, 4.69) is 10.3 Å². The molecule has 0 saturated heterocycles. The van der Waals surface area contributed by atoms with Gasteiger partial charge < -0.3 is 14.8 Å². The fraction of sp³-hybridized carbons (Fsp3) is 0.200. The maximum absolute atomic E-state index is 12.0. The van der Waals surface area contributed by atoms with E-state index >= 15 is 0 Å². The van der Waals surface area contributed by atoms with Gasteiger partial charge in [-0.25, -0.2) is 0 Å². The number of benzene rings is 1. The first-order chi connectivity index (χ1) is 9.76. The molecule has 5 nitrogen and oxygen atoms in total. The molecule has 0 saturated carbocycles. The van der Waals surface area contributed by atoms with Crippen molar-refractivity contribution in [3.63, 3.8) is 0 Å². The van der Waals surface area contributed by atoms with Crippen LogP contribution in [0.1, 0.15) is 15.9 Å². The van der Waals surface area contributed by atoms with Crippen molar-refractivity contribution in [2.24, 2.45) is 0 Å². The normalized spacial score (nSPS) is 9.90. The monoisotopic (exact) mass is 272 g/mol. The number of hydrogen-bond donors (Lipinski definition) is 1. The molecule has 2 rings (SSSR count). The first-order valence-electron chi connectivity index (χ1n) is 6.14. The van der Waals surface area contributed by atoms with Gasteiger partial charge in [0.1, 0.15) is 0 Å². The van der Waals surface area contributed by atoms with E-state index in [1.807, 2.05) is 18.2 Å². The molecule has 104 valence electrons. The Bertz CT molecular complexity index is 585. The molecule has 0 spiro atoms. The van der Waals surface area contributed by atoms with Crippen molar-refractivity contribution in [2.45, 2.75) is 6.54 Å². The molecule has 5 heteroatoms. The van der Waals surface area contributed by atoms with Gasteiger partial charge in [0.05, 0.1) is 14.2 Å². The van der Waals surface area contributed by atoms with Gasteiger partial charge in [-0.05, 0) is 18.2 Å². The summed E-state index contributed by atoms with van der Waals surface area (Å²) in [4.78, 5) is 15.8. The summed E-state index contributed by atoms with van der Waals surface area (Å²) in [7, 11) is 3.16.